The smallest absolute Gasteiger partial charge is 0.314 e. The highest BCUT2D eigenvalue weighted by Gasteiger charge is 2.31. The summed E-state index contributed by atoms with van der Waals surface area (Å²) in [5.74, 6) is 0.0306. The van der Waals surface area contributed by atoms with Gasteiger partial charge in [0.1, 0.15) is 6.10 Å². The third-order valence-electron chi connectivity index (χ3n) is 5.42. The van der Waals surface area contributed by atoms with Crippen molar-refractivity contribution in [2.24, 2.45) is 0 Å². The lowest BCUT2D eigenvalue weighted by molar-refractivity contribution is -0.128. The standard InChI is InChI=1S/C20H38N4O4/c1-15(2)22-20(27)21-10-8-16-6-7-17(18(14-25)28-16)23-19(26)9-13-24-11-4-3-5-12-24/h15-18,25H,3-14H2,1-2H3,(H,23,26)(H2,21,22,27)/t16-,17-,18+/m0/s1. The Morgan fingerprint density at radius 2 is 1.93 bits per heavy atom. The van der Waals surface area contributed by atoms with Crippen molar-refractivity contribution in [3.63, 3.8) is 0 Å². The van der Waals surface area contributed by atoms with E-state index in [2.05, 4.69) is 20.9 Å². The van der Waals surface area contributed by atoms with Gasteiger partial charge in [-0.1, -0.05) is 6.42 Å². The number of nitrogens with one attached hydrogen (secondary N) is 3. The van der Waals surface area contributed by atoms with Crippen molar-refractivity contribution in [2.75, 3.05) is 32.8 Å². The maximum Gasteiger partial charge on any atom is 0.314 e. The van der Waals surface area contributed by atoms with Gasteiger partial charge in [-0.05, 0) is 59.0 Å². The van der Waals surface area contributed by atoms with Gasteiger partial charge in [0.2, 0.25) is 5.91 Å². The number of urea groups is 1. The van der Waals surface area contributed by atoms with Gasteiger partial charge >= 0.3 is 6.03 Å². The highest BCUT2D eigenvalue weighted by atomic mass is 16.5. The molecule has 0 spiro atoms. The second-order valence-corrected chi connectivity index (χ2v) is 8.23. The van der Waals surface area contributed by atoms with Crippen LogP contribution in [0, 0.1) is 0 Å². The average Bonchev–Trinajstić information content (AvgIpc) is 2.67. The maximum absolute atomic E-state index is 12.3. The maximum atomic E-state index is 12.3. The van der Waals surface area contributed by atoms with Crippen molar-refractivity contribution in [1.29, 1.82) is 0 Å². The molecule has 0 radical (unpaired) electrons. The average molecular weight is 399 g/mol. The van der Waals surface area contributed by atoms with E-state index >= 15 is 0 Å². The van der Waals surface area contributed by atoms with Gasteiger partial charge in [-0.2, -0.15) is 0 Å². The van der Waals surface area contributed by atoms with Gasteiger partial charge in [-0.25, -0.2) is 4.79 Å². The first kappa shape index (κ1) is 22.9. The fraction of sp³-hybridized carbons (Fsp3) is 0.900. The van der Waals surface area contributed by atoms with E-state index < -0.39 is 0 Å². The molecule has 2 fully saturated rings. The Labute approximate surface area is 168 Å². The molecular weight excluding hydrogens is 360 g/mol. The Morgan fingerprint density at radius 1 is 1.18 bits per heavy atom. The second-order valence-electron chi connectivity index (χ2n) is 8.23. The quantitative estimate of drug-likeness (QED) is 0.464. The van der Waals surface area contributed by atoms with Gasteiger partial charge < -0.3 is 30.7 Å². The van der Waals surface area contributed by atoms with Crippen LogP contribution in [0.15, 0.2) is 0 Å². The number of rotatable bonds is 9. The third-order valence-corrected chi connectivity index (χ3v) is 5.42. The number of carbonyl (C=O) groups excluding carboxylic acids is 2. The van der Waals surface area contributed by atoms with Crippen LogP contribution < -0.4 is 16.0 Å². The monoisotopic (exact) mass is 398 g/mol. The molecule has 162 valence electrons. The minimum Gasteiger partial charge on any atom is -0.394 e. The van der Waals surface area contributed by atoms with Crippen molar-refractivity contribution in [2.45, 2.75) is 83.1 Å². The number of aliphatic hydroxyl groups is 1. The zero-order valence-electron chi connectivity index (χ0n) is 17.4. The Balaban J connectivity index is 1.65. The summed E-state index contributed by atoms with van der Waals surface area (Å²) in [6, 6.07) is -0.223. The molecule has 0 aromatic heterocycles. The zero-order valence-corrected chi connectivity index (χ0v) is 17.4. The van der Waals surface area contributed by atoms with Crippen LogP contribution in [0.25, 0.3) is 0 Å². The highest BCUT2D eigenvalue weighted by Crippen LogP contribution is 2.22. The second kappa shape index (κ2) is 12.2. The molecule has 2 saturated heterocycles. The van der Waals surface area contributed by atoms with Gasteiger partial charge in [0.25, 0.3) is 0 Å². The Bertz CT molecular complexity index is 483. The minimum atomic E-state index is -0.387. The molecule has 0 aliphatic carbocycles. The van der Waals surface area contributed by atoms with Gasteiger partial charge in [-0.15, -0.1) is 0 Å². The molecule has 4 N–H and O–H groups in total. The van der Waals surface area contributed by atoms with Crippen molar-refractivity contribution in [3.8, 4) is 0 Å². The summed E-state index contributed by atoms with van der Waals surface area (Å²) in [6.07, 6.45) is 6.11. The van der Waals surface area contributed by atoms with E-state index in [1.807, 2.05) is 13.8 Å². The Hall–Kier alpha value is -1.38. The van der Waals surface area contributed by atoms with Crippen LogP contribution in [0.3, 0.4) is 0 Å². The third kappa shape index (κ3) is 8.32. The van der Waals surface area contributed by atoms with E-state index in [0.717, 1.165) is 32.5 Å². The summed E-state index contributed by atoms with van der Waals surface area (Å²) in [5.41, 5.74) is 0. The summed E-state index contributed by atoms with van der Waals surface area (Å²) in [4.78, 5) is 26.3. The van der Waals surface area contributed by atoms with E-state index in [-0.39, 0.29) is 42.8 Å². The normalized spacial score (nSPS) is 26.1. The number of aliphatic hydroxyl groups excluding tert-OH is 1. The van der Waals surface area contributed by atoms with Crippen molar-refractivity contribution < 1.29 is 19.4 Å². The predicted molar refractivity (Wildman–Crippen MR) is 108 cm³/mol. The fourth-order valence-electron chi connectivity index (χ4n) is 3.89. The topological polar surface area (TPSA) is 103 Å². The largest absolute Gasteiger partial charge is 0.394 e. The molecule has 0 saturated carbocycles. The van der Waals surface area contributed by atoms with Crippen LogP contribution in [0.5, 0.6) is 0 Å². The highest BCUT2D eigenvalue weighted by molar-refractivity contribution is 5.76. The van der Waals surface area contributed by atoms with Crippen LogP contribution in [0.1, 0.15) is 58.8 Å². The molecular formula is C20H38N4O4. The van der Waals surface area contributed by atoms with Gasteiger partial charge in [0, 0.05) is 25.6 Å². The Morgan fingerprint density at radius 3 is 2.61 bits per heavy atom. The van der Waals surface area contributed by atoms with Crippen LogP contribution in [0.4, 0.5) is 4.79 Å². The number of nitrogens with zero attached hydrogens (tertiary/aromatic N) is 1. The van der Waals surface area contributed by atoms with Crippen LogP contribution in [-0.4, -0.2) is 79.0 Å². The van der Waals surface area contributed by atoms with Crippen LogP contribution in [-0.2, 0) is 9.53 Å². The molecule has 2 aliphatic rings. The van der Waals surface area contributed by atoms with Crippen LogP contribution >= 0.6 is 0 Å². The summed E-state index contributed by atoms with van der Waals surface area (Å²) in [7, 11) is 0. The molecule has 0 aromatic carbocycles. The number of likely N-dealkylation sites (tertiary alicyclic amines) is 1. The molecule has 2 rings (SSSR count). The summed E-state index contributed by atoms with van der Waals surface area (Å²) in [6.45, 7) is 7.21. The first-order chi connectivity index (χ1) is 13.5. The van der Waals surface area contributed by atoms with E-state index in [9.17, 15) is 14.7 Å². The number of carbonyl (C=O) groups is 2. The first-order valence-corrected chi connectivity index (χ1v) is 10.8. The van der Waals surface area contributed by atoms with E-state index in [1.54, 1.807) is 0 Å². The molecule has 2 aliphatic heterocycles. The van der Waals surface area contributed by atoms with Gasteiger partial charge in [0.05, 0.1) is 18.8 Å². The molecule has 0 bridgehead atoms. The van der Waals surface area contributed by atoms with Crippen LogP contribution in [0.2, 0.25) is 0 Å². The van der Waals surface area contributed by atoms with Crippen molar-refractivity contribution in [3.05, 3.63) is 0 Å². The van der Waals surface area contributed by atoms with Gasteiger partial charge in [-0.3, -0.25) is 4.79 Å². The van der Waals surface area contributed by atoms with E-state index in [0.29, 0.717) is 19.4 Å². The molecule has 28 heavy (non-hydrogen) atoms. The minimum absolute atomic E-state index is 0.0157. The molecule has 2 heterocycles. The van der Waals surface area contributed by atoms with Crippen molar-refractivity contribution >= 4 is 11.9 Å². The first-order valence-electron chi connectivity index (χ1n) is 10.8. The summed E-state index contributed by atoms with van der Waals surface area (Å²) < 4.78 is 5.96. The lowest BCUT2D eigenvalue weighted by Crippen LogP contribution is -2.51. The van der Waals surface area contributed by atoms with E-state index in [4.69, 9.17) is 4.74 Å². The lowest BCUT2D eigenvalue weighted by Gasteiger charge is -2.36. The molecule has 8 nitrogen and oxygen atoms in total. The number of piperidine rings is 1. The lowest BCUT2D eigenvalue weighted by atomic mass is 9.97. The summed E-state index contributed by atoms with van der Waals surface area (Å²) in [5, 5.41) is 18.3. The number of amides is 3. The van der Waals surface area contributed by atoms with Crippen molar-refractivity contribution in [1.82, 2.24) is 20.9 Å². The zero-order chi connectivity index (χ0) is 20.4. The summed E-state index contributed by atoms with van der Waals surface area (Å²) >= 11 is 0. The SMILES string of the molecule is CC(C)NC(=O)NCC[C@@H]1CC[C@H](NC(=O)CCN2CCCCC2)[C@@H](CO)O1. The number of ether oxygens (including phenoxy) is 1. The Kier molecular flexibility index (Phi) is 10.0. The predicted octanol–water partition coefficient (Wildman–Crippen LogP) is 0.985. The van der Waals surface area contributed by atoms with Gasteiger partial charge in [0.15, 0.2) is 0 Å². The van der Waals surface area contributed by atoms with E-state index in [1.165, 1.54) is 19.3 Å². The molecule has 8 heteroatoms. The number of hydrogen-bond acceptors (Lipinski definition) is 5. The molecule has 3 amide bonds. The number of hydrogen-bond donors (Lipinski definition) is 4. The molecule has 0 unspecified atom stereocenters. The molecule has 0 aromatic rings. The molecule has 3 atom stereocenters. The fourth-order valence-corrected chi connectivity index (χ4v) is 3.89.